The molecule has 0 aliphatic heterocycles. The molecule has 2 heterocycles. The van der Waals surface area contributed by atoms with E-state index in [1.165, 1.54) is 6.07 Å². The third-order valence-electron chi connectivity index (χ3n) is 3.07. The van der Waals surface area contributed by atoms with Crippen LogP contribution >= 0.6 is 28.1 Å². The topological polar surface area (TPSA) is 46.5 Å². The number of benzene rings is 1. The van der Waals surface area contributed by atoms with Crippen molar-refractivity contribution in [3.05, 3.63) is 57.3 Å². The lowest BCUT2D eigenvalue weighted by atomic mass is 10.2. The van der Waals surface area contributed by atoms with Gasteiger partial charge in [-0.05, 0) is 64.9 Å². The van der Waals surface area contributed by atoms with E-state index in [1.807, 2.05) is 19.1 Å². The Balaban J connectivity index is 2.27. The number of pyridine rings is 1. The van der Waals surface area contributed by atoms with Gasteiger partial charge in [-0.15, -0.1) is 0 Å². The van der Waals surface area contributed by atoms with Gasteiger partial charge in [-0.3, -0.25) is 14.6 Å². The largest absolute Gasteiger partial charge is 0.268 e. The summed E-state index contributed by atoms with van der Waals surface area (Å²) in [5, 5.41) is 7.03. The van der Waals surface area contributed by atoms with Crippen LogP contribution in [0, 0.1) is 17.5 Å². The Morgan fingerprint density at radius 2 is 2.19 bits per heavy atom. The van der Waals surface area contributed by atoms with Crippen molar-refractivity contribution in [2.24, 2.45) is 0 Å². The van der Waals surface area contributed by atoms with E-state index in [4.69, 9.17) is 12.2 Å². The normalized spacial score (nSPS) is 10.8. The predicted octanol–water partition coefficient (Wildman–Crippen LogP) is 4.20. The molecule has 7 heteroatoms. The molecule has 1 N–H and O–H groups in total. The fourth-order valence-corrected chi connectivity index (χ4v) is 2.65. The van der Waals surface area contributed by atoms with Crippen LogP contribution in [0.4, 0.5) is 4.39 Å². The van der Waals surface area contributed by atoms with Gasteiger partial charge in [0.15, 0.2) is 10.6 Å². The van der Waals surface area contributed by atoms with Crippen LogP contribution < -0.4 is 0 Å². The zero-order chi connectivity index (χ0) is 15.0. The molecule has 0 amide bonds. The molecule has 3 rings (SSSR count). The SMILES string of the molecule is Cc1cc(F)c(Br)cc1-n1c(-c2cccnc2)n[nH]c1=S. The molecule has 2 aromatic heterocycles. The standard InChI is InChI=1S/C14H10BrFN4S/c1-8-5-11(16)10(15)6-12(8)20-13(18-19-14(20)21)9-3-2-4-17-7-9/h2-7H,1H3,(H,19,21). The van der Waals surface area contributed by atoms with Gasteiger partial charge in [0.2, 0.25) is 0 Å². The number of H-pyrrole nitrogens is 1. The minimum atomic E-state index is -0.311. The highest BCUT2D eigenvalue weighted by molar-refractivity contribution is 9.10. The fraction of sp³-hybridized carbons (Fsp3) is 0.0714. The van der Waals surface area contributed by atoms with Crippen LogP contribution in [0.3, 0.4) is 0 Å². The van der Waals surface area contributed by atoms with Crippen molar-refractivity contribution in [1.29, 1.82) is 0 Å². The third kappa shape index (κ3) is 2.54. The lowest BCUT2D eigenvalue weighted by molar-refractivity contribution is 0.619. The van der Waals surface area contributed by atoms with Gasteiger partial charge in [0.25, 0.3) is 0 Å². The van der Waals surface area contributed by atoms with Crippen molar-refractivity contribution in [2.45, 2.75) is 6.92 Å². The highest BCUT2D eigenvalue weighted by atomic mass is 79.9. The van der Waals surface area contributed by atoms with Crippen molar-refractivity contribution < 1.29 is 4.39 Å². The van der Waals surface area contributed by atoms with E-state index < -0.39 is 0 Å². The zero-order valence-electron chi connectivity index (χ0n) is 11.0. The lowest BCUT2D eigenvalue weighted by Crippen LogP contribution is -2.01. The first-order valence-electron chi connectivity index (χ1n) is 6.12. The van der Waals surface area contributed by atoms with Gasteiger partial charge in [0.1, 0.15) is 5.82 Å². The summed E-state index contributed by atoms with van der Waals surface area (Å²) < 4.78 is 16.2. The summed E-state index contributed by atoms with van der Waals surface area (Å²) in [6.45, 7) is 1.83. The first-order chi connectivity index (χ1) is 10.1. The van der Waals surface area contributed by atoms with Crippen LogP contribution in [-0.4, -0.2) is 19.7 Å². The molecule has 0 bridgehead atoms. The molecule has 0 fully saturated rings. The number of aryl methyl sites for hydroxylation is 1. The van der Waals surface area contributed by atoms with E-state index in [1.54, 1.807) is 23.0 Å². The Kier molecular flexibility index (Phi) is 3.69. The molecule has 0 spiro atoms. The number of nitrogens with one attached hydrogen (secondary N) is 1. The average Bonchev–Trinajstić information content (AvgIpc) is 2.85. The second-order valence-corrected chi connectivity index (χ2v) is 5.72. The lowest BCUT2D eigenvalue weighted by Gasteiger charge is -2.11. The average molecular weight is 365 g/mol. The second-order valence-electron chi connectivity index (χ2n) is 4.48. The first-order valence-corrected chi connectivity index (χ1v) is 7.32. The quantitative estimate of drug-likeness (QED) is 0.693. The Labute approximate surface area is 133 Å². The molecule has 0 saturated carbocycles. The Morgan fingerprint density at radius 1 is 1.38 bits per heavy atom. The van der Waals surface area contributed by atoms with E-state index >= 15 is 0 Å². The molecule has 0 saturated heterocycles. The number of hydrogen-bond donors (Lipinski definition) is 1. The summed E-state index contributed by atoms with van der Waals surface area (Å²) in [7, 11) is 0. The number of hydrogen-bond acceptors (Lipinski definition) is 3. The molecule has 0 radical (unpaired) electrons. The van der Waals surface area contributed by atoms with Crippen molar-refractivity contribution in [1.82, 2.24) is 19.7 Å². The molecule has 0 unspecified atom stereocenters. The summed E-state index contributed by atoms with van der Waals surface area (Å²) in [6.07, 6.45) is 3.39. The second kappa shape index (κ2) is 5.50. The highest BCUT2D eigenvalue weighted by Gasteiger charge is 2.14. The van der Waals surface area contributed by atoms with E-state index in [-0.39, 0.29) is 5.82 Å². The molecule has 4 nitrogen and oxygen atoms in total. The van der Waals surface area contributed by atoms with Crippen molar-refractivity contribution in [2.75, 3.05) is 0 Å². The van der Waals surface area contributed by atoms with Crippen LogP contribution in [0.2, 0.25) is 0 Å². The molecular formula is C14H10BrFN4S. The van der Waals surface area contributed by atoms with E-state index in [2.05, 4.69) is 31.1 Å². The Hall–Kier alpha value is -1.86. The monoisotopic (exact) mass is 364 g/mol. The summed E-state index contributed by atoms with van der Waals surface area (Å²) >= 11 is 8.51. The Bertz CT molecular complexity index is 857. The van der Waals surface area contributed by atoms with Gasteiger partial charge in [-0.25, -0.2) is 4.39 Å². The molecule has 0 atom stereocenters. The minimum absolute atomic E-state index is 0.311. The van der Waals surface area contributed by atoms with Gasteiger partial charge in [0, 0.05) is 18.0 Å². The molecule has 1 aromatic carbocycles. The molecule has 21 heavy (non-hydrogen) atoms. The molecular weight excluding hydrogens is 355 g/mol. The Morgan fingerprint density at radius 3 is 2.90 bits per heavy atom. The number of halogens is 2. The van der Waals surface area contributed by atoms with Crippen molar-refractivity contribution in [3.8, 4) is 17.1 Å². The number of nitrogens with zero attached hydrogens (tertiary/aromatic N) is 3. The zero-order valence-corrected chi connectivity index (χ0v) is 13.4. The third-order valence-corrected chi connectivity index (χ3v) is 3.95. The highest BCUT2D eigenvalue weighted by Crippen LogP contribution is 2.27. The maximum absolute atomic E-state index is 13.6. The number of aromatic nitrogens is 4. The molecule has 0 aliphatic carbocycles. The maximum Gasteiger partial charge on any atom is 0.200 e. The number of rotatable bonds is 2. The summed E-state index contributed by atoms with van der Waals surface area (Å²) in [5.74, 6) is 0.323. The van der Waals surface area contributed by atoms with Gasteiger partial charge in [-0.2, -0.15) is 5.10 Å². The first kappa shape index (κ1) is 14.1. The van der Waals surface area contributed by atoms with E-state index in [0.29, 0.717) is 15.1 Å². The van der Waals surface area contributed by atoms with Gasteiger partial charge < -0.3 is 0 Å². The molecule has 0 aliphatic rings. The molecule has 3 aromatic rings. The summed E-state index contributed by atoms with van der Waals surface area (Å²) in [6, 6.07) is 6.87. The van der Waals surface area contributed by atoms with Crippen LogP contribution in [0.5, 0.6) is 0 Å². The molecule has 106 valence electrons. The summed E-state index contributed by atoms with van der Waals surface area (Å²) in [4.78, 5) is 4.09. The van der Waals surface area contributed by atoms with Crippen LogP contribution in [0.15, 0.2) is 41.1 Å². The smallest absolute Gasteiger partial charge is 0.200 e. The minimum Gasteiger partial charge on any atom is -0.268 e. The number of aromatic amines is 1. The van der Waals surface area contributed by atoms with E-state index in [0.717, 1.165) is 16.8 Å². The van der Waals surface area contributed by atoms with Gasteiger partial charge in [0.05, 0.1) is 10.2 Å². The van der Waals surface area contributed by atoms with Crippen LogP contribution in [-0.2, 0) is 0 Å². The fourth-order valence-electron chi connectivity index (χ4n) is 2.09. The van der Waals surface area contributed by atoms with Crippen molar-refractivity contribution >= 4 is 28.1 Å². The van der Waals surface area contributed by atoms with Crippen LogP contribution in [0.25, 0.3) is 17.1 Å². The van der Waals surface area contributed by atoms with Gasteiger partial charge in [-0.1, -0.05) is 0 Å². The van der Waals surface area contributed by atoms with Crippen molar-refractivity contribution in [3.63, 3.8) is 0 Å². The van der Waals surface area contributed by atoms with Gasteiger partial charge >= 0.3 is 0 Å². The predicted molar refractivity (Wildman–Crippen MR) is 84.4 cm³/mol. The maximum atomic E-state index is 13.6. The van der Waals surface area contributed by atoms with E-state index in [9.17, 15) is 4.39 Å². The summed E-state index contributed by atoms with van der Waals surface area (Å²) in [5.41, 5.74) is 2.35. The van der Waals surface area contributed by atoms with Crippen LogP contribution in [0.1, 0.15) is 5.56 Å².